The molecule has 2 aromatic carbocycles. The zero-order valence-electron chi connectivity index (χ0n) is 12.4. The van der Waals surface area contributed by atoms with E-state index >= 15 is 0 Å². The number of aromatic nitrogens is 2. The maximum absolute atomic E-state index is 11.7. The Morgan fingerprint density at radius 3 is 2.52 bits per heavy atom. The fourth-order valence-electron chi connectivity index (χ4n) is 2.86. The molecule has 4 aromatic rings. The zero-order chi connectivity index (χ0) is 16.0. The van der Waals surface area contributed by atoms with Crippen LogP contribution in [-0.2, 0) is 0 Å². The zero-order valence-corrected chi connectivity index (χ0v) is 12.4. The Hall–Kier alpha value is -3.21. The number of hydrogen-bond donors (Lipinski definition) is 0. The van der Waals surface area contributed by atoms with E-state index in [4.69, 9.17) is 0 Å². The Morgan fingerprint density at radius 1 is 1.04 bits per heavy atom. The van der Waals surface area contributed by atoms with Gasteiger partial charge in [0, 0.05) is 6.20 Å². The topological polar surface area (TPSA) is 60.4 Å². The second kappa shape index (κ2) is 4.91. The predicted octanol–water partition coefficient (Wildman–Crippen LogP) is 4.37. The molecule has 0 aliphatic rings. The molecule has 0 fully saturated rings. The number of aryl methyl sites for hydroxylation is 1. The van der Waals surface area contributed by atoms with Gasteiger partial charge < -0.3 is 0 Å². The Morgan fingerprint density at radius 2 is 1.78 bits per heavy atom. The van der Waals surface area contributed by atoms with Crippen molar-refractivity contribution in [3.8, 4) is 11.1 Å². The van der Waals surface area contributed by atoms with Gasteiger partial charge in [0.2, 0.25) is 5.65 Å². The van der Waals surface area contributed by atoms with Gasteiger partial charge in [-0.05, 0) is 30.7 Å². The molecule has 5 nitrogen and oxygen atoms in total. The summed E-state index contributed by atoms with van der Waals surface area (Å²) in [6.45, 7) is 1.99. The summed E-state index contributed by atoms with van der Waals surface area (Å²) >= 11 is 0. The molecular formula is C18H13N3O2. The van der Waals surface area contributed by atoms with Gasteiger partial charge in [-0.15, -0.1) is 0 Å². The van der Waals surface area contributed by atoms with Crippen molar-refractivity contribution in [3.05, 3.63) is 76.5 Å². The summed E-state index contributed by atoms with van der Waals surface area (Å²) < 4.78 is 1.77. The summed E-state index contributed by atoms with van der Waals surface area (Å²) in [4.78, 5) is 15.8. The van der Waals surface area contributed by atoms with Crippen LogP contribution in [0.25, 0.3) is 27.8 Å². The van der Waals surface area contributed by atoms with Crippen LogP contribution >= 0.6 is 0 Å². The number of nitro groups is 1. The number of benzene rings is 2. The lowest BCUT2D eigenvalue weighted by atomic mass is 10.0. The lowest BCUT2D eigenvalue weighted by Crippen LogP contribution is -1.97. The minimum Gasteiger partial charge on any atom is -0.294 e. The molecule has 0 spiro atoms. The van der Waals surface area contributed by atoms with Gasteiger partial charge in [0.15, 0.2) is 0 Å². The fraction of sp³-hybridized carbons (Fsp3) is 0.0556. The number of fused-ring (bicyclic) bond motifs is 3. The summed E-state index contributed by atoms with van der Waals surface area (Å²) in [6, 6.07) is 17.0. The molecule has 0 N–H and O–H groups in total. The maximum Gasteiger partial charge on any atom is 0.320 e. The van der Waals surface area contributed by atoms with Crippen molar-refractivity contribution in [3.63, 3.8) is 0 Å². The number of rotatable bonds is 2. The summed E-state index contributed by atoms with van der Waals surface area (Å²) in [5.41, 5.74) is 4.53. The molecule has 23 heavy (non-hydrogen) atoms. The molecule has 0 aliphatic carbocycles. The van der Waals surface area contributed by atoms with Crippen molar-refractivity contribution in [2.24, 2.45) is 0 Å². The largest absolute Gasteiger partial charge is 0.320 e. The minimum absolute atomic E-state index is 0.0348. The summed E-state index contributed by atoms with van der Waals surface area (Å²) in [6.07, 6.45) is 1.84. The first-order valence-electron chi connectivity index (χ1n) is 7.26. The van der Waals surface area contributed by atoms with E-state index in [2.05, 4.69) is 4.98 Å². The monoisotopic (exact) mass is 303 g/mol. The van der Waals surface area contributed by atoms with Gasteiger partial charge in [0.05, 0.1) is 21.5 Å². The molecule has 0 amide bonds. The molecule has 0 bridgehead atoms. The standard InChI is InChI=1S/C18H13N3O2/c1-12-6-8-13(9-7-12)14-10-11-20-16-5-3-2-4-15(16)19-18(20)17(14)21(22)23/h2-11H,1H3. The van der Waals surface area contributed by atoms with Gasteiger partial charge in [-0.1, -0.05) is 42.0 Å². The Bertz CT molecular complexity index is 1050. The van der Waals surface area contributed by atoms with Crippen molar-refractivity contribution in [2.45, 2.75) is 6.92 Å². The first-order valence-corrected chi connectivity index (χ1v) is 7.26. The molecule has 112 valence electrons. The van der Waals surface area contributed by atoms with Gasteiger partial charge >= 0.3 is 5.69 Å². The first-order chi connectivity index (χ1) is 11.1. The van der Waals surface area contributed by atoms with Crippen molar-refractivity contribution in [2.75, 3.05) is 0 Å². The highest BCUT2D eigenvalue weighted by Crippen LogP contribution is 2.34. The van der Waals surface area contributed by atoms with Crippen molar-refractivity contribution in [1.82, 2.24) is 9.38 Å². The quantitative estimate of drug-likeness (QED) is 0.408. The number of pyridine rings is 1. The van der Waals surface area contributed by atoms with E-state index < -0.39 is 0 Å². The van der Waals surface area contributed by atoms with Gasteiger partial charge in [-0.2, -0.15) is 0 Å². The van der Waals surface area contributed by atoms with Crippen LogP contribution in [0.3, 0.4) is 0 Å². The molecule has 0 saturated heterocycles. The van der Waals surface area contributed by atoms with Crippen LogP contribution in [0.2, 0.25) is 0 Å². The molecule has 5 heteroatoms. The third-order valence-electron chi connectivity index (χ3n) is 4.00. The molecular weight excluding hydrogens is 290 g/mol. The molecule has 0 aliphatic heterocycles. The van der Waals surface area contributed by atoms with Crippen LogP contribution < -0.4 is 0 Å². The van der Waals surface area contributed by atoms with Gasteiger partial charge in [-0.3, -0.25) is 14.5 Å². The van der Waals surface area contributed by atoms with E-state index in [1.165, 1.54) is 0 Å². The van der Waals surface area contributed by atoms with Gasteiger partial charge in [0.25, 0.3) is 0 Å². The smallest absolute Gasteiger partial charge is 0.294 e. The average Bonchev–Trinajstić information content (AvgIpc) is 2.93. The fourth-order valence-corrected chi connectivity index (χ4v) is 2.86. The predicted molar refractivity (Wildman–Crippen MR) is 89.5 cm³/mol. The molecule has 2 aromatic heterocycles. The highest BCUT2D eigenvalue weighted by Gasteiger charge is 2.23. The second-order valence-corrected chi connectivity index (χ2v) is 5.50. The van der Waals surface area contributed by atoms with Crippen molar-refractivity contribution >= 4 is 22.4 Å². The van der Waals surface area contributed by atoms with E-state index in [9.17, 15) is 10.1 Å². The molecule has 4 rings (SSSR count). The number of imidazole rings is 1. The van der Waals surface area contributed by atoms with Gasteiger partial charge in [0.1, 0.15) is 0 Å². The van der Waals surface area contributed by atoms with Crippen LogP contribution in [0.15, 0.2) is 60.8 Å². The van der Waals surface area contributed by atoms with Crippen molar-refractivity contribution in [1.29, 1.82) is 0 Å². The van der Waals surface area contributed by atoms with E-state index in [0.717, 1.165) is 22.2 Å². The Kier molecular flexibility index (Phi) is 2.87. The number of para-hydroxylation sites is 2. The Balaban J connectivity index is 2.09. The van der Waals surface area contributed by atoms with Crippen LogP contribution in [0.5, 0.6) is 0 Å². The highest BCUT2D eigenvalue weighted by atomic mass is 16.6. The molecule has 0 saturated carbocycles. The van der Waals surface area contributed by atoms with Crippen LogP contribution in [0, 0.1) is 17.0 Å². The Labute approximate surface area is 132 Å². The van der Waals surface area contributed by atoms with E-state index in [0.29, 0.717) is 11.2 Å². The number of hydrogen-bond acceptors (Lipinski definition) is 3. The van der Waals surface area contributed by atoms with Gasteiger partial charge in [-0.25, -0.2) is 4.98 Å². The molecule has 2 heterocycles. The van der Waals surface area contributed by atoms with Crippen LogP contribution in [-0.4, -0.2) is 14.3 Å². The second-order valence-electron chi connectivity index (χ2n) is 5.50. The normalized spacial score (nSPS) is 11.2. The maximum atomic E-state index is 11.7. The average molecular weight is 303 g/mol. The minimum atomic E-state index is -0.351. The van der Waals surface area contributed by atoms with Crippen LogP contribution in [0.1, 0.15) is 5.56 Å². The summed E-state index contributed by atoms with van der Waals surface area (Å²) in [7, 11) is 0. The SMILES string of the molecule is Cc1ccc(-c2ccn3c(nc4ccccc43)c2[N+](=O)[O-])cc1. The lowest BCUT2D eigenvalue weighted by molar-refractivity contribution is -0.382. The van der Waals surface area contributed by atoms with E-state index in [-0.39, 0.29) is 10.6 Å². The third kappa shape index (κ3) is 2.05. The lowest BCUT2D eigenvalue weighted by Gasteiger charge is -2.05. The molecule has 0 unspecified atom stereocenters. The number of nitrogens with zero attached hydrogens (tertiary/aromatic N) is 3. The molecule has 0 radical (unpaired) electrons. The summed E-state index contributed by atoms with van der Waals surface area (Å²) in [5, 5.41) is 11.7. The van der Waals surface area contributed by atoms with Crippen molar-refractivity contribution < 1.29 is 4.92 Å². The van der Waals surface area contributed by atoms with E-state index in [1.54, 1.807) is 10.5 Å². The molecule has 0 atom stereocenters. The highest BCUT2D eigenvalue weighted by molar-refractivity contribution is 5.89. The van der Waals surface area contributed by atoms with E-state index in [1.807, 2.05) is 61.7 Å². The van der Waals surface area contributed by atoms with Crippen LogP contribution in [0.4, 0.5) is 5.69 Å². The summed E-state index contributed by atoms with van der Waals surface area (Å²) in [5.74, 6) is 0. The third-order valence-corrected chi connectivity index (χ3v) is 4.00. The first kappa shape index (κ1) is 13.5.